The Hall–Kier alpha value is 0.01000. The van der Waals surface area contributed by atoms with Crippen molar-refractivity contribution in [3.63, 3.8) is 0 Å². The SMILES string of the molecule is CSCCCC(O)c1cccs1. The van der Waals surface area contributed by atoms with Crippen LogP contribution in [0.25, 0.3) is 0 Å². The first-order valence-electron chi connectivity index (χ1n) is 4.05. The molecule has 0 fully saturated rings. The van der Waals surface area contributed by atoms with Crippen molar-refractivity contribution < 1.29 is 5.11 Å². The Morgan fingerprint density at radius 1 is 1.67 bits per heavy atom. The minimum atomic E-state index is -0.239. The van der Waals surface area contributed by atoms with Gasteiger partial charge in [-0.2, -0.15) is 11.8 Å². The number of rotatable bonds is 5. The Bertz CT molecular complexity index is 196. The molecule has 1 heterocycles. The van der Waals surface area contributed by atoms with Gasteiger partial charge in [-0.05, 0) is 36.3 Å². The smallest absolute Gasteiger partial charge is 0.0882 e. The molecule has 1 nitrogen and oxygen atoms in total. The van der Waals surface area contributed by atoms with Crippen molar-refractivity contribution in [3.05, 3.63) is 22.4 Å². The van der Waals surface area contributed by atoms with Gasteiger partial charge in [-0.3, -0.25) is 0 Å². The zero-order valence-corrected chi connectivity index (χ0v) is 8.83. The first kappa shape index (κ1) is 10.1. The van der Waals surface area contributed by atoms with Gasteiger partial charge in [0.2, 0.25) is 0 Å². The maximum atomic E-state index is 9.64. The molecule has 1 atom stereocenters. The number of hydrogen-bond acceptors (Lipinski definition) is 3. The quantitative estimate of drug-likeness (QED) is 0.741. The Morgan fingerprint density at radius 3 is 3.08 bits per heavy atom. The number of aliphatic hydroxyl groups is 1. The van der Waals surface area contributed by atoms with Crippen LogP contribution in [0.3, 0.4) is 0 Å². The normalized spacial score (nSPS) is 13.2. The van der Waals surface area contributed by atoms with Crippen molar-refractivity contribution in [2.75, 3.05) is 12.0 Å². The zero-order valence-electron chi connectivity index (χ0n) is 7.19. The average molecular weight is 202 g/mol. The van der Waals surface area contributed by atoms with E-state index in [1.807, 2.05) is 29.3 Å². The molecule has 0 bridgehead atoms. The first-order valence-corrected chi connectivity index (χ1v) is 6.32. The summed E-state index contributed by atoms with van der Waals surface area (Å²) in [5, 5.41) is 11.6. The molecule has 0 amide bonds. The molecular weight excluding hydrogens is 188 g/mol. The van der Waals surface area contributed by atoms with Crippen molar-refractivity contribution in [1.82, 2.24) is 0 Å². The summed E-state index contributed by atoms with van der Waals surface area (Å²) < 4.78 is 0. The van der Waals surface area contributed by atoms with Gasteiger partial charge in [-0.25, -0.2) is 0 Å². The Labute approximate surface area is 81.8 Å². The summed E-state index contributed by atoms with van der Waals surface area (Å²) in [5.41, 5.74) is 0. The van der Waals surface area contributed by atoms with Gasteiger partial charge in [0, 0.05) is 4.88 Å². The van der Waals surface area contributed by atoms with Crippen molar-refractivity contribution >= 4 is 23.1 Å². The molecule has 1 rings (SSSR count). The predicted molar refractivity (Wildman–Crippen MR) is 56.9 cm³/mol. The molecule has 0 aliphatic rings. The number of thioether (sulfide) groups is 1. The fourth-order valence-corrected chi connectivity index (χ4v) is 2.25. The fraction of sp³-hybridized carbons (Fsp3) is 0.556. The van der Waals surface area contributed by atoms with E-state index in [1.165, 1.54) is 0 Å². The van der Waals surface area contributed by atoms with E-state index in [1.54, 1.807) is 11.3 Å². The fourth-order valence-electron chi connectivity index (χ4n) is 1.04. The van der Waals surface area contributed by atoms with E-state index in [-0.39, 0.29) is 6.10 Å². The monoisotopic (exact) mass is 202 g/mol. The summed E-state index contributed by atoms with van der Waals surface area (Å²) in [7, 11) is 0. The minimum absolute atomic E-state index is 0.239. The second-order valence-electron chi connectivity index (χ2n) is 2.67. The molecule has 0 radical (unpaired) electrons. The van der Waals surface area contributed by atoms with Crippen LogP contribution in [0.5, 0.6) is 0 Å². The summed E-state index contributed by atoms with van der Waals surface area (Å²) in [6, 6.07) is 3.98. The first-order chi connectivity index (χ1) is 5.84. The van der Waals surface area contributed by atoms with E-state index >= 15 is 0 Å². The van der Waals surface area contributed by atoms with Gasteiger partial charge in [0.15, 0.2) is 0 Å². The maximum absolute atomic E-state index is 9.64. The van der Waals surface area contributed by atoms with Crippen LogP contribution in [0.2, 0.25) is 0 Å². The van der Waals surface area contributed by atoms with Gasteiger partial charge in [0.25, 0.3) is 0 Å². The molecule has 68 valence electrons. The van der Waals surface area contributed by atoms with Gasteiger partial charge >= 0.3 is 0 Å². The van der Waals surface area contributed by atoms with Crippen molar-refractivity contribution in [1.29, 1.82) is 0 Å². The molecule has 3 heteroatoms. The third kappa shape index (κ3) is 3.17. The summed E-state index contributed by atoms with van der Waals surface area (Å²) in [6.45, 7) is 0. The molecule has 0 aliphatic heterocycles. The minimum Gasteiger partial charge on any atom is -0.388 e. The van der Waals surface area contributed by atoms with Crippen LogP contribution >= 0.6 is 23.1 Å². The van der Waals surface area contributed by atoms with Crippen molar-refractivity contribution in [2.45, 2.75) is 18.9 Å². The highest BCUT2D eigenvalue weighted by atomic mass is 32.2. The van der Waals surface area contributed by atoms with Gasteiger partial charge < -0.3 is 5.11 Å². The highest BCUT2D eigenvalue weighted by Gasteiger charge is 2.06. The highest BCUT2D eigenvalue weighted by Crippen LogP contribution is 2.23. The molecule has 12 heavy (non-hydrogen) atoms. The molecule has 0 aliphatic carbocycles. The van der Waals surface area contributed by atoms with Crippen LogP contribution < -0.4 is 0 Å². The topological polar surface area (TPSA) is 20.2 Å². The van der Waals surface area contributed by atoms with Gasteiger partial charge in [-0.15, -0.1) is 11.3 Å². The predicted octanol–water partition coefficient (Wildman–Crippen LogP) is 2.92. The van der Waals surface area contributed by atoms with E-state index in [0.717, 1.165) is 23.5 Å². The zero-order chi connectivity index (χ0) is 8.81. The van der Waals surface area contributed by atoms with E-state index < -0.39 is 0 Å². The lowest BCUT2D eigenvalue weighted by Gasteiger charge is -2.06. The highest BCUT2D eigenvalue weighted by molar-refractivity contribution is 7.98. The van der Waals surface area contributed by atoms with Crippen LogP contribution in [0.15, 0.2) is 17.5 Å². The van der Waals surface area contributed by atoms with E-state index in [9.17, 15) is 5.11 Å². The third-order valence-electron chi connectivity index (χ3n) is 1.70. The molecule has 1 aromatic heterocycles. The summed E-state index contributed by atoms with van der Waals surface area (Å²) >= 11 is 3.47. The maximum Gasteiger partial charge on any atom is 0.0882 e. The van der Waals surface area contributed by atoms with Crippen molar-refractivity contribution in [2.24, 2.45) is 0 Å². The van der Waals surface area contributed by atoms with E-state index in [0.29, 0.717) is 0 Å². The summed E-state index contributed by atoms with van der Waals surface area (Å²) in [5.74, 6) is 1.14. The molecular formula is C9H14OS2. The lowest BCUT2D eigenvalue weighted by atomic mass is 10.2. The number of thiophene rings is 1. The van der Waals surface area contributed by atoms with Gasteiger partial charge in [-0.1, -0.05) is 6.07 Å². The lowest BCUT2D eigenvalue weighted by molar-refractivity contribution is 0.170. The van der Waals surface area contributed by atoms with Crippen LogP contribution in [0.1, 0.15) is 23.8 Å². The summed E-state index contributed by atoms with van der Waals surface area (Å²) in [4.78, 5) is 1.09. The second kappa shape index (κ2) is 5.62. The van der Waals surface area contributed by atoms with Crippen LogP contribution in [-0.4, -0.2) is 17.1 Å². The number of hydrogen-bond donors (Lipinski definition) is 1. The molecule has 1 N–H and O–H groups in total. The van der Waals surface area contributed by atoms with Crippen LogP contribution in [-0.2, 0) is 0 Å². The second-order valence-corrected chi connectivity index (χ2v) is 4.63. The molecule has 0 saturated carbocycles. The molecule has 0 saturated heterocycles. The number of aliphatic hydroxyl groups excluding tert-OH is 1. The average Bonchev–Trinajstić information content (AvgIpc) is 2.56. The third-order valence-corrected chi connectivity index (χ3v) is 3.37. The molecule has 1 unspecified atom stereocenters. The standard InChI is InChI=1S/C9H14OS2/c1-11-6-2-4-8(10)9-5-3-7-12-9/h3,5,7-8,10H,2,4,6H2,1H3. The van der Waals surface area contributed by atoms with Gasteiger partial charge in [0.05, 0.1) is 6.10 Å². The lowest BCUT2D eigenvalue weighted by Crippen LogP contribution is -1.94. The van der Waals surface area contributed by atoms with Gasteiger partial charge in [0.1, 0.15) is 0 Å². The summed E-state index contributed by atoms with van der Waals surface area (Å²) in [6.07, 6.45) is 3.84. The largest absolute Gasteiger partial charge is 0.388 e. The van der Waals surface area contributed by atoms with E-state index in [2.05, 4.69) is 6.26 Å². The molecule has 0 spiro atoms. The van der Waals surface area contributed by atoms with Crippen LogP contribution in [0, 0.1) is 0 Å². The van der Waals surface area contributed by atoms with Crippen LogP contribution in [0.4, 0.5) is 0 Å². The van der Waals surface area contributed by atoms with Crippen molar-refractivity contribution in [3.8, 4) is 0 Å². The van der Waals surface area contributed by atoms with E-state index in [4.69, 9.17) is 0 Å². The molecule has 1 aromatic rings. The molecule has 0 aromatic carbocycles. The Morgan fingerprint density at radius 2 is 2.50 bits per heavy atom. The Kier molecular flexibility index (Phi) is 4.73. The Balaban J connectivity index is 2.25.